The first kappa shape index (κ1) is 11.8. The van der Waals surface area contributed by atoms with Gasteiger partial charge in [-0.1, -0.05) is 18.2 Å². The van der Waals surface area contributed by atoms with Crippen LogP contribution in [-0.4, -0.2) is 29.8 Å². The number of nitrogens with one attached hydrogen (secondary N) is 1. The van der Waals surface area contributed by atoms with Gasteiger partial charge in [0.1, 0.15) is 0 Å². The van der Waals surface area contributed by atoms with Crippen LogP contribution < -0.4 is 10.2 Å². The van der Waals surface area contributed by atoms with Crippen molar-refractivity contribution in [1.29, 1.82) is 0 Å². The number of hydrogen-bond donors (Lipinski definition) is 1. The fraction of sp³-hybridized carbons (Fsp3) is 0.467. The van der Waals surface area contributed by atoms with E-state index in [0.29, 0.717) is 5.92 Å². The number of nitrogens with zero attached hydrogens (tertiary/aromatic N) is 3. The van der Waals surface area contributed by atoms with Crippen LogP contribution in [0.2, 0.25) is 0 Å². The third kappa shape index (κ3) is 2.03. The molecule has 5 nitrogen and oxygen atoms in total. The van der Waals surface area contributed by atoms with Gasteiger partial charge in [-0.15, -0.1) is 0 Å². The van der Waals surface area contributed by atoms with E-state index in [0.717, 1.165) is 37.9 Å². The first-order valence-corrected chi connectivity index (χ1v) is 7.30. The van der Waals surface area contributed by atoms with E-state index in [1.54, 1.807) is 0 Å². The van der Waals surface area contributed by atoms with E-state index in [-0.39, 0.29) is 0 Å². The topological polar surface area (TPSA) is 54.2 Å². The Morgan fingerprint density at radius 3 is 3.00 bits per heavy atom. The van der Waals surface area contributed by atoms with Crippen LogP contribution in [0.15, 0.2) is 28.8 Å². The minimum atomic E-state index is 0.429. The van der Waals surface area contributed by atoms with Crippen molar-refractivity contribution in [3.63, 3.8) is 0 Å². The van der Waals surface area contributed by atoms with Gasteiger partial charge in [0.25, 0.3) is 5.95 Å². The molecule has 0 aliphatic carbocycles. The molecule has 0 amide bonds. The fourth-order valence-corrected chi connectivity index (χ4v) is 3.12. The molecule has 2 aromatic rings. The maximum absolute atomic E-state index is 5.42. The molecule has 0 bridgehead atoms. The smallest absolute Gasteiger partial charge is 0.266 e. The van der Waals surface area contributed by atoms with Crippen LogP contribution in [0.25, 0.3) is 0 Å². The average molecular weight is 270 g/mol. The lowest BCUT2D eigenvalue weighted by molar-refractivity contribution is 0.371. The van der Waals surface area contributed by atoms with Gasteiger partial charge in [-0.05, 0) is 29.6 Å². The van der Waals surface area contributed by atoms with Gasteiger partial charge in [0.2, 0.25) is 5.89 Å². The molecule has 0 radical (unpaired) electrons. The number of fused-ring (bicyclic) bond motifs is 1. The Kier molecular flexibility index (Phi) is 2.83. The van der Waals surface area contributed by atoms with E-state index in [1.807, 2.05) is 0 Å². The molecule has 5 heteroatoms. The first-order valence-electron chi connectivity index (χ1n) is 7.30. The Morgan fingerprint density at radius 1 is 1.25 bits per heavy atom. The van der Waals surface area contributed by atoms with E-state index < -0.39 is 0 Å². The second-order valence-corrected chi connectivity index (χ2v) is 5.55. The highest BCUT2D eigenvalue weighted by molar-refractivity contribution is 5.57. The monoisotopic (exact) mass is 270 g/mol. The van der Waals surface area contributed by atoms with Gasteiger partial charge in [-0.25, -0.2) is 0 Å². The lowest BCUT2D eigenvalue weighted by Crippen LogP contribution is -2.19. The lowest BCUT2D eigenvalue weighted by Gasteiger charge is -2.10. The molecule has 1 N–H and O–H groups in total. The molecular weight excluding hydrogens is 252 g/mol. The SMILES string of the molecule is c1ccc2c(c1)NCC2Cc1nc(N2CCCC2)no1. The predicted octanol–water partition coefficient (Wildman–Crippen LogP) is 2.42. The minimum Gasteiger partial charge on any atom is -0.384 e. The van der Waals surface area contributed by atoms with E-state index in [9.17, 15) is 0 Å². The van der Waals surface area contributed by atoms with Crippen molar-refractivity contribution in [3.05, 3.63) is 35.7 Å². The lowest BCUT2D eigenvalue weighted by atomic mass is 9.98. The Morgan fingerprint density at radius 2 is 2.10 bits per heavy atom. The summed E-state index contributed by atoms with van der Waals surface area (Å²) in [6.07, 6.45) is 3.26. The highest BCUT2D eigenvalue weighted by atomic mass is 16.5. The zero-order chi connectivity index (χ0) is 13.4. The van der Waals surface area contributed by atoms with Crippen LogP contribution in [0, 0.1) is 0 Å². The van der Waals surface area contributed by atoms with Crippen LogP contribution in [0.5, 0.6) is 0 Å². The van der Waals surface area contributed by atoms with Crippen LogP contribution in [0.1, 0.15) is 30.2 Å². The number of rotatable bonds is 3. The molecule has 20 heavy (non-hydrogen) atoms. The summed E-state index contributed by atoms with van der Waals surface area (Å²) in [5, 5.41) is 7.55. The zero-order valence-corrected chi connectivity index (χ0v) is 11.4. The summed E-state index contributed by atoms with van der Waals surface area (Å²) in [5.41, 5.74) is 2.59. The summed E-state index contributed by atoms with van der Waals surface area (Å²) in [4.78, 5) is 6.75. The molecule has 1 unspecified atom stereocenters. The van der Waals surface area contributed by atoms with Gasteiger partial charge in [0.15, 0.2) is 0 Å². The molecule has 1 atom stereocenters. The van der Waals surface area contributed by atoms with Crippen molar-refractivity contribution in [2.45, 2.75) is 25.2 Å². The van der Waals surface area contributed by atoms with Gasteiger partial charge in [0, 0.05) is 37.7 Å². The number of para-hydroxylation sites is 1. The molecule has 0 spiro atoms. The largest absolute Gasteiger partial charge is 0.384 e. The molecule has 3 heterocycles. The van der Waals surface area contributed by atoms with E-state index in [2.05, 4.69) is 44.6 Å². The van der Waals surface area contributed by atoms with Crippen molar-refractivity contribution in [1.82, 2.24) is 10.1 Å². The second-order valence-electron chi connectivity index (χ2n) is 5.55. The van der Waals surface area contributed by atoms with Gasteiger partial charge in [0.05, 0.1) is 0 Å². The molecule has 104 valence electrons. The summed E-state index contributed by atoms with van der Waals surface area (Å²) in [5.74, 6) is 1.94. The standard InChI is InChI=1S/C15H18N4O/c1-2-6-13-12(5-1)11(10-16-13)9-14-17-15(18-20-14)19-7-3-4-8-19/h1-2,5-6,11,16H,3-4,7-10H2. The molecule has 0 saturated carbocycles. The molecular formula is C15H18N4O. The number of anilines is 2. The van der Waals surface area contributed by atoms with Gasteiger partial charge in [-0.3, -0.25) is 0 Å². The quantitative estimate of drug-likeness (QED) is 0.928. The van der Waals surface area contributed by atoms with E-state index >= 15 is 0 Å². The van der Waals surface area contributed by atoms with E-state index in [1.165, 1.54) is 24.1 Å². The van der Waals surface area contributed by atoms with Crippen LogP contribution in [0.3, 0.4) is 0 Å². The third-order valence-electron chi connectivity index (χ3n) is 4.21. The summed E-state index contributed by atoms with van der Waals surface area (Å²) < 4.78 is 5.42. The van der Waals surface area contributed by atoms with Crippen LogP contribution in [-0.2, 0) is 6.42 Å². The van der Waals surface area contributed by atoms with Crippen LogP contribution >= 0.6 is 0 Å². The predicted molar refractivity (Wildman–Crippen MR) is 77.1 cm³/mol. The molecule has 1 fully saturated rings. The van der Waals surface area contributed by atoms with Gasteiger partial charge < -0.3 is 14.7 Å². The van der Waals surface area contributed by atoms with Crippen molar-refractivity contribution in [2.75, 3.05) is 29.9 Å². The molecule has 2 aliphatic heterocycles. The average Bonchev–Trinajstić information content (AvgIpc) is 3.19. The summed E-state index contributed by atoms with van der Waals surface area (Å²) >= 11 is 0. The summed E-state index contributed by atoms with van der Waals surface area (Å²) in [7, 11) is 0. The van der Waals surface area contributed by atoms with Crippen molar-refractivity contribution in [2.24, 2.45) is 0 Å². The first-order chi connectivity index (χ1) is 9.90. The normalized spacial score (nSPS) is 21.0. The molecule has 1 aromatic carbocycles. The van der Waals surface area contributed by atoms with Gasteiger partial charge >= 0.3 is 0 Å². The molecule has 4 rings (SSSR count). The molecule has 2 aliphatic rings. The highest BCUT2D eigenvalue weighted by Gasteiger charge is 2.25. The van der Waals surface area contributed by atoms with E-state index in [4.69, 9.17) is 4.52 Å². The second kappa shape index (κ2) is 4.81. The fourth-order valence-electron chi connectivity index (χ4n) is 3.12. The van der Waals surface area contributed by atoms with Crippen molar-refractivity contribution < 1.29 is 4.52 Å². The summed E-state index contributed by atoms with van der Waals surface area (Å²) in [6.45, 7) is 3.04. The maximum atomic E-state index is 5.42. The maximum Gasteiger partial charge on any atom is 0.266 e. The molecule has 1 saturated heterocycles. The third-order valence-corrected chi connectivity index (χ3v) is 4.21. The number of benzene rings is 1. The summed E-state index contributed by atoms with van der Waals surface area (Å²) in [6, 6.07) is 8.45. The Bertz CT molecular complexity index is 603. The van der Waals surface area contributed by atoms with Gasteiger partial charge in [-0.2, -0.15) is 4.98 Å². The number of aromatic nitrogens is 2. The Hall–Kier alpha value is -2.04. The van der Waals surface area contributed by atoms with Crippen molar-refractivity contribution >= 4 is 11.6 Å². The molecule has 1 aromatic heterocycles. The number of hydrogen-bond acceptors (Lipinski definition) is 5. The van der Waals surface area contributed by atoms with Crippen LogP contribution in [0.4, 0.5) is 11.6 Å². The Labute approximate surface area is 118 Å². The zero-order valence-electron chi connectivity index (χ0n) is 11.4. The van der Waals surface area contributed by atoms with Crippen molar-refractivity contribution in [3.8, 4) is 0 Å². The highest BCUT2D eigenvalue weighted by Crippen LogP contribution is 2.33. The Balaban J connectivity index is 1.50. The minimum absolute atomic E-state index is 0.429.